The summed E-state index contributed by atoms with van der Waals surface area (Å²) in [5, 5.41) is 19.6. The number of aliphatic hydroxyl groups is 1. The Balaban J connectivity index is 3.10. The number of halogens is 1. The fraction of sp³-hybridized carbons (Fsp3) is 0.364. The Kier molecular flexibility index (Phi) is 5.06. The Morgan fingerprint density at radius 3 is 2.72 bits per heavy atom. The van der Waals surface area contributed by atoms with Gasteiger partial charge in [0.25, 0.3) is 11.6 Å². The van der Waals surface area contributed by atoms with E-state index < -0.39 is 10.8 Å². The van der Waals surface area contributed by atoms with Gasteiger partial charge in [-0.25, -0.2) is 0 Å². The zero-order valence-corrected chi connectivity index (χ0v) is 10.6. The fourth-order valence-electron chi connectivity index (χ4n) is 1.49. The number of carbonyl (C=O) groups excluding carboxylic acids is 1. The lowest BCUT2D eigenvalue weighted by molar-refractivity contribution is -0.384. The monoisotopic (exact) mass is 272 g/mol. The molecule has 98 valence electrons. The normalized spacial score (nSPS) is 10.2. The van der Waals surface area contributed by atoms with Crippen LogP contribution < -0.4 is 0 Å². The average molecular weight is 273 g/mol. The first-order chi connectivity index (χ1) is 8.51. The molecule has 0 bridgehead atoms. The van der Waals surface area contributed by atoms with Crippen LogP contribution in [0.4, 0.5) is 5.69 Å². The van der Waals surface area contributed by atoms with E-state index in [-0.39, 0.29) is 29.4 Å². The Morgan fingerprint density at radius 2 is 2.22 bits per heavy atom. The van der Waals surface area contributed by atoms with Crippen LogP contribution in [0.15, 0.2) is 18.2 Å². The van der Waals surface area contributed by atoms with Crippen LogP contribution in [0.5, 0.6) is 0 Å². The van der Waals surface area contributed by atoms with Crippen LogP contribution in [0.3, 0.4) is 0 Å². The van der Waals surface area contributed by atoms with Crippen molar-refractivity contribution in [2.45, 2.75) is 6.92 Å². The molecule has 0 spiro atoms. The number of nitro benzene ring substituents is 1. The number of amides is 1. The van der Waals surface area contributed by atoms with Crippen LogP contribution in [-0.4, -0.2) is 40.5 Å². The molecule has 1 N–H and O–H groups in total. The van der Waals surface area contributed by atoms with Crippen molar-refractivity contribution >= 4 is 23.2 Å². The van der Waals surface area contributed by atoms with Crippen molar-refractivity contribution in [1.29, 1.82) is 0 Å². The van der Waals surface area contributed by atoms with E-state index in [0.717, 1.165) is 6.07 Å². The summed E-state index contributed by atoms with van der Waals surface area (Å²) in [6.45, 7) is 2.12. The van der Waals surface area contributed by atoms with Crippen LogP contribution in [0, 0.1) is 10.1 Å². The first kappa shape index (κ1) is 14.4. The summed E-state index contributed by atoms with van der Waals surface area (Å²) in [5.41, 5.74) is -0.121. The second kappa shape index (κ2) is 6.32. The molecule has 0 aliphatic rings. The molecular weight excluding hydrogens is 260 g/mol. The summed E-state index contributed by atoms with van der Waals surface area (Å²) in [6, 6.07) is 3.70. The highest BCUT2D eigenvalue weighted by molar-refractivity contribution is 6.33. The molecule has 0 radical (unpaired) electrons. The molecule has 0 saturated carbocycles. The van der Waals surface area contributed by atoms with Crippen molar-refractivity contribution in [3.8, 4) is 0 Å². The lowest BCUT2D eigenvalue weighted by atomic mass is 10.1. The third-order valence-corrected chi connectivity index (χ3v) is 2.76. The molecule has 0 saturated heterocycles. The van der Waals surface area contributed by atoms with Crippen LogP contribution in [0.25, 0.3) is 0 Å². The van der Waals surface area contributed by atoms with Crippen molar-refractivity contribution in [3.63, 3.8) is 0 Å². The van der Waals surface area contributed by atoms with E-state index in [2.05, 4.69) is 0 Å². The van der Waals surface area contributed by atoms with Crippen LogP contribution in [-0.2, 0) is 0 Å². The fourth-order valence-corrected chi connectivity index (χ4v) is 1.68. The van der Waals surface area contributed by atoms with Gasteiger partial charge in [0.05, 0.1) is 22.1 Å². The number of nitro groups is 1. The van der Waals surface area contributed by atoms with Crippen molar-refractivity contribution in [2.75, 3.05) is 19.7 Å². The molecule has 1 aromatic rings. The maximum absolute atomic E-state index is 12.1. The number of carbonyl (C=O) groups is 1. The number of hydrogen-bond acceptors (Lipinski definition) is 4. The number of benzene rings is 1. The molecule has 0 heterocycles. The van der Waals surface area contributed by atoms with Gasteiger partial charge in [0.2, 0.25) is 0 Å². The molecule has 1 aromatic carbocycles. The molecule has 0 aliphatic carbocycles. The number of aliphatic hydroxyl groups excluding tert-OH is 1. The average Bonchev–Trinajstić information content (AvgIpc) is 2.35. The number of hydrogen-bond donors (Lipinski definition) is 1. The number of rotatable bonds is 5. The van der Waals surface area contributed by atoms with Gasteiger partial charge in [0.15, 0.2) is 0 Å². The van der Waals surface area contributed by atoms with Gasteiger partial charge in [0, 0.05) is 25.2 Å². The van der Waals surface area contributed by atoms with E-state index in [9.17, 15) is 14.9 Å². The molecular formula is C11H13ClN2O4. The summed E-state index contributed by atoms with van der Waals surface area (Å²) in [6.07, 6.45) is 0. The zero-order chi connectivity index (χ0) is 13.7. The van der Waals surface area contributed by atoms with E-state index in [1.807, 2.05) is 0 Å². The highest BCUT2D eigenvalue weighted by Gasteiger charge is 2.19. The summed E-state index contributed by atoms with van der Waals surface area (Å²) < 4.78 is 0. The van der Waals surface area contributed by atoms with Crippen molar-refractivity contribution in [3.05, 3.63) is 38.9 Å². The van der Waals surface area contributed by atoms with Crippen molar-refractivity contribution in [2.24, 2.45) is 0 Å². The van der Waals surface area contributed by atoms with Gasteiger partial charge >= 0.3 is 0 Å². The molecule has 1 amide bonds. The van der Waals surface area contributed by atoms with Crippen LogP contribution in [0.2, 0.25) is 5.02 Å². The summed E-state index contributed by atoms with van der Waals surface area (Å²) >= 11 is 5.86. The van der Waals surface area contributed by atoms with E-state index in [0.29, 0.717) is 6.54 Å². The SMILES string of the molecule is CCN(CCO)C(=O)c1cc([N+](=O)[O-])ccc1Cl. The van der Waals surface area contributed by atoms with Crippen LogP contribution >= 0.6 is 11.6 Å². The minimum Gasteiger partial charge on any atom is -0.395 e. The van der Waals surface area contributed by atoms with Crippen molar-refractivity contribution < 1.29 is 14.8 Å². The molecule has 0 aromatic heterocycles. The number of non-ortho nitro benzene ring substituents is 1. The summed E-state index contributed by atoms with van der Waals surface area (Å²) in [4.78, 5) is 23.5. The highest BCUT2D eigenvalue weighted by atomic mass is 35.5. The van der Waals surface area contributed by atoms with Crippen LogP contribution in [0.1, 0.15) is 17.3 Å². The number of likely N-dealkylation sites (N-methyl/N-ethyl adjacent to an activating group) is 1. The molecule has 0 fully saturated rings. The molecule has 7 heteroatoms. The molecule has 6 nitrogen and oxygen atoms in total. The topological polar surface area (TPSA) is 83.7 Å². The lowest BCUT2D eigenvalue weighted by Crippen LogP contribution is -2.33. The van der Waals surface area contributed by atoms with Gasteiger partial charge in [-0.3, -0.25) is 14.9 Å². The predicted molar refractivity (Wildman–Crippen MR) is 66.8 cm³/mol. The molecule has 0 aliphatic heterocycles. The Bertz CT molecular complexity index is 464. The zero-order valence-electron chi connectivity index (χ0n) is 9.80. The van der Waals surface area contributed by atoms with Gasteiger partial charge in [-0.2, -0.15) is 0 Å². The standard InChI is InChI=1S/C11H13ClN2O4/c1-2-13(5-6-15)11(16)9-7-8(14(17)18)3-4-10(9)12/h3-4,7,15H,2,5-6H2,1H3. The van der Waals surface area contributed by atoms with Gasteiger partial charge in [-0.1, -0.05) is 11.6 Å². The third kappa shape index (κ3) is 3.18. The summed E-state index contributed by atoms with van der Waals surface area (Å²) in [7, 11) is 0. The minimum absolute atomic E-state index is 0.0705. The molecule has 18 heavy (non-hydrogen) atoms. The Morgan fingerprint density at radius 1 is 1.56 bits per heavy atom. The van der Waals surface area contributed by atoms with E-state index in [4.69, 9.17) is 16.7 Å². The second-order valence-corrected chi connectivity index (χ2v) is 3.94. The van der Waals surface area contributed by atoms with Gasteiger partial charge in [-0.15, -0.1) is 0 Å². The van der Waals surface area contributed by atoms with Gasteiger partial charge in [-0.05, 0) is 13.0 Å². The van der Waals surface area contributed by atoms with Crippen molar-refractivity contribution in [1.82, 2.24) is 4.90 Å². The molecule has 1 rings (SSSR count). The Hall–Kier alpha value is -1.66. The molecule has 0 unspecified atom stereocenters. The quantitative estimate of drug-likeness (QED) is 0.653. The molecule has 0 atom stereocenters. The van der Waals surface area contributed by atoms with E-state index in [1.165, 1.54) is 17.0 Å². The highest BCUT2D eigenvalue weighted by Crippen LogP contribution is 2.23. The second-order valence-electron chi connectivity index (χ2n) is 3.53. The first-order valence-corrected chi connectivity index (χ1v) is 5.73. The van der Waals surface area contributed by atoms with E-state index in [1.54, 1.807) is 6.92 Å². The van der Waals surface area contributed by atoms with Gasteiger partial charge in [0.1, 0.15) is 0 Å². The maximum atomic E-state index is 12.1. The lowest BCUT2D eigenvalue weighted by Gasteiger charge is -2.20. The van der Waals surface area contributed by atoms with Gasteiger partial charge < -0.3 is 10.0 Å². The maximum Gasteiger partial charge on any atom is 0.270 e. The smallest absolute Gasteiger partial charge is 0.270 e. The number of nitrogens with zero attached hydrogens (tertiary/aromatic N) is 2. The third-order valence-electron chi connectivity index (χ3n) is 2.43. The minimum atomic E-state index is -0.588. The first-order valence-electron chi connectivity index (χ1n) is 5.35. The predicted octanol–water partition coefficient (Wildman–Crippen LogP) is 1.70. The summed E-state index contributed by atoms with van der Waals surface area (Å²) in [5.74, 6) is -0.430. The largest absolute Gasteiger partial charge is 0.395 e. The van der Waals surface area contributed by atoms with E-state index >= 15 is 0 Å². The Labute approximate surface area is 109 Å².